The van der Waals surface area contributed by atoms with Gasteiger partial charge in [-0.25, -0.2) is 8.42 Å². The average Bonchev–Trinajstić information content (AvgIpc) is 2.58. The van der Waals surface area contributed by atoms with Crippen LogP contribution >= 0.6 is 0 Å². The number of carbonyl (C=O) groups is 2. The lowest BCUT2D eigenvalue weighted by Gasteiger charge is -2.06. The van der Waals surface area contributed by atoms with Crippen molar-refractivity contribution in [3.8, 4) is 0 Å². The minimum atomic E-state index is -3.07. The van der Waals surface area contributed by atoms with Gasteiger partial charge in [-0.3, -0.25) is 9.59 Å². The standard InChI is InChI=1S/C20H31NO5S/c1-27(25,26)16-17-11-13-18(14-12-17)20(24)21-15-9-7-5-3-2-4-6-8-10-19(22)23/h11-14H,2-10,15-16H2,1H3,(H,21,24)(H,22,23). The third-order valence-corrected chi connectivity index (χ3v) is 5.11. The monoisotopic (exact) mass is 397 g/mol. The summed E-state index contributed by atoms with van der Waals surface area (Å²) in [5.41, 5.74) is 1.21. The van der Waals surface area contributed by atoms with E-state index in [-0.39, 0.29) is 18.1 Å². The van der Waals surface area contributed by atoms with Crippen LogP contribution in [0.15, 0.2) is 24.3 Å². The van der Waals surface area contributed by atoms with E-state index in [0.717, 1.165) is 51.4 Å². The molecule has 7 heteroatoms. The van der Waals surface area contributed by atoms with Crippen molar-refractivity contribution in [2.24, 2.45) is 0 Å². The van der Waals surface area contributed by atoms with Crippen LogP contribution in [0.25, 0.3) is 0 Å². The molecular formula is C20H31NO5S. The van der Waals surface area contributed by atoms with Crippen LogP contribution in [0.2, 0.25) is 0 Å². The van der Waals surface area contributed by atoms with Crippen molar-refractivity contribution < 1.29 is 23.1 Å². The Balaban J connectivity index is 2.08. The Morgan fingerprint density at radius 2 is 1.41 bits per heavy atom. The molecule has 0 radical (unpaired) electrons. The molecular weight excluding hydrogens is 366 g/mol. The van der Waals surface area contributed by atoms with Gasteiger partial charge in [-0.2, -0.15) is 0 Å². The molecule has 1 aromatic carbocycles. The molecule has 0 atom stereocenters. The van der Waals surface area contributed by atoms with Gasteiger partial charge in [0.05, 0.1) is 5.75 Å². The van der Waals surface area contributed by atoms with Gasteiger partial charge in [0.15, 0.2) is 9.84 Å². The topological polar surface area (TPSA) is 101 Å². The van der Waals surface area contributed by atoms with Crippen molar-refractivity contribution in [2.45, 2.75) is 63.5 Å². The van der Waals surface area contributed by atoms with Gasteiger partial charge in [-0.05, 0) is 30.5 Å². The quantitative estimate of drug-likeness (QED) is 0.468. The fourth-order valence-electron chi connectivity index (χ4n) is 2.82. The first-order valence-corrected chi connectivity index (χ1v) is 11.6. The summed E-state index contributed by atoms with van der Waals surface area (Å²) in [7, 11) is -3.07. The summed E-state index contributed by atoms with van der Waals surface area (Å²) in [6.45, 7) is 0.628. The molecule has 0 unspecified atom stereocenters. The fourth-order valence-corrected chi connectivity index (χ4v) is 3.62. The van der Waals surface area contributed by atoms with E-state index in [9.17, 15) is 18.0 Å². The number of hydrogen-bond acceptors (Lipinski definition) is 4. The summed E-state index contributed by atoms with van der Waals surface area (Å²) in [6, 6.07) is 6.65. The Morgan fingerprint density at radius 1 is 0.889 bits per heavy atom. The van der Waals surface area contributed by atoms with Gasteiger partial charge in [0, 0.05) is 24.8 Å². The molecule has 1 aromatic rings. The number of nitrogens with one attached hydrogen (secondary N) is 1. The highest BCUT2D eigenvalue weighted by Crippen LogP contribution is 2.10. The first-order chi connectivity index (χ1) is 12.8. The normalized spacial score (nSPS) is 11.3. The van der Waals surface area contributed by atoms with E-state index >= 15 is 0 Å². The van der Waals surface area contributed by atoms with Gasteiger partial charge >= 0.3 is 5.97 Å². The van der Waals surface area contributed by atoms with E-state index in [0.29, 0.717) is 17.7 Å². The van der Waals surface area contributed by atoms with Gasteiger partial charge in [0.2, 0.25) is 0 Å². The molecule has 0 saturated carbocycles. The second-order valence-electron chi connectivity index (χ2n) is 7.00. The maximum atomic E-state index is 12.1. The predicted octanol–water partition coefficient (Wildman–Crippen LogP) is 3.56. The summed E-state index contributed by atoms with van der Waals surface area (Å²) >= 11 is 0. The molecule has 0 aliphatic heterocycles. The fraction of sp³-hybridized carbons (Fsp3) is 0.600. The Kier molecular flexibility index (Phi) is 10.7. The van der Waals surface area contributed by atoms with E-state index < -0.39 is 15.8 Å². The van der Waals surface area contributed by atoms with Crippen LogP contribution < -0.4 is 5.32 Å². The zero-order chi connectivity index (χ0) is 20.1. The molecule has 0 spiro atoms. The highest BCUT2D eigenvalue weighted by atomic mass is 32.2. The summed E-state index contributed by atoms with van der Waals surface area (Å²) in [5.74, 6) is -0.879. The van der Waals surface area contributed by atoms with Crippen molar-refractivity contribution in [1.29, 1.82) is 0 Å². The van der Waals surface area contributed by atoms with Gasteiger partial charge in [0.1, 0.15) is 0 Å². The van der Waals surface area contributed by atoms with E-state index in [1.165, 1.54) is 6.26 Å². The van der Waals surface area contributed by atoms with Crippen molar-refractivity contribution >= 4 is 21.7 Å². The molecule has 0 heterocycles. The molecule has 1 amide bonds. The predicted molar refractivity (Wildman–Crippen MR) is 107 cm³/mol. The number of carboxylic acid groups (broad SMARTS) is 1. The number of unbranched alkanes of at least 4 members (excludes halogenated alkanes) is 7. The van der Waals surface area contributed by atoms with Crippen LogP contribution in [-0.4, -0.2) is 38.2 Å². The summed E-state index contributed by atoms with van der Waals surface area (Å²) in [4.78, 5) is 22.4. The number of hydrogen-bond donors (Lipinski definition) is 2. The highest BCUT2D eigenvalue weighted by molar-refractivity contribution is 7.89. The van der Waals surface area contributed by atoms with E-state index in [4.69, 9.17) is 5.11 Å². The number of sulfone groups is 1. The third kappa shape index (κ3) is 12.2. The van der Waals surface area contributed by atoms with Crippen LogP contribution in [0.4, 0.5) is 0 Å². The SMILES string of the molecule is CS(=O)(=O)Cc1ccc(C(=O)NCCCCCCCCCCC(=O)O)cc1. The number of aliphatic carboxylic acids is 1. The summed E-state index contributed by atoms with van der Waals surface area (Å²) < 4.78 is 22.5. The van der Waals surface area contributed by atoms with Crippen LogP contribution in [-0.2, 0) is 20.4 Å². The number of carboxylic acids is 1. The van der Waals surface area contributed by atoms with Crippen LogP contribution in [0.5, 0.6) is 0 Å². The molecule has 6 nitrogen and oxygen atoms in total. The van der Waals surface area contributed by atoms with Crippen LogP contribution in [0, 0.1) is 0 Å². The van der Waals surface area contributed by atoms with Gasteiger partial charge < -0.3 is 10.4 Å². The molecule has 0 aliphatic carbocycles. The molecule has 0 aliphatic rings. The Labute approximate surface area is 162 Å². The zero-order valence-electron chi connectivity index (χ0n) is 16.1. The van der Waals surface area contributed by atoms with Crippen molar-refractivity contribution in [3.05, 3.63) is 35.4 Å². The lowest BCUT2D eigenvalue weighted by Crippen LogP contribution is -2.24. The average molecular weight is 398 g/mol. The molecule has 0 bridgehead atoms. The van der Waals surface area contributed by atoms with Gasteiger partial charge in [0.25, 0.3) is 5.91 Å². The van der Waals surface area contributed by atoms with Gasteiger partial charge in [-0.15, -0.1) is 0 Å². The maximum Gasteiger partial charge on any atom is 0.303 e. The van der Waals surface area contributed by atoms with E-state index in [1.807, 2.05) is 0 Å². The van der Waals surface area contributed by atoms with E-state index in [1.54, 1.807) is 24.3 Å². The second kappa shape index (κ2) is 12.5. The van der Waals surface area contributed by atoms with Crippen molar-refractivity contribution in [2.75, 3.05) is 12.8 Å². The molecule has 152 valence electrons. The smallest absolute Gasteiger partial charge is 0.303 e. The van der Waals surface area contributed by atoms with Crippen molar-refractivity contribution in [1.82, 2.24) is 5.32 Å². The second-order valence-corrected chi connectivity index (χ2v) is 9.14. The number of benzene rings is 1. The lowest BCUT2D eigenvalue weighted by molar-refractivity contribution is -0.137. The number of rotatable bonds is 14. The van der Waals surface area contributed by atoms with Crippen LogP contribution in [0.1, 0.15) is 73.7 Å². The van der Waals surface area contributed by atoms with E-state index in [2.05, 4.69) is 5.32 Å². The maximum absolute atomic E-state index is 12.1. The molecule has 0 fully saturated rings. The Hall–Kier alpha value is -1.89. The molecule has 1 rings (SSSR count). The molecule has 27 heavy (non-hydrogen) atoms. The number of amides is 1. The van der Waals surface area contributed by atoms with Crippen LogP contribution in [0.3, 0.4) is 0 Å². The largest absolute Gasteiger partial charge is 0.481 e. The zero-order valence-corrected chi connectivity index (χ0v) is 16.9. The van der Waals surface area contributed by atoms with Gasteiger partial charge in [-0.1, -0.05) is 50.7 Å². The first-order valence-electron chi connectivity index (χ1n) is 9.54. The molecule has 0 aromatic heterocycles. The summed E-state index contributed by atoms with van der Waals surface area (Å²) in [5, 5.41) is 11.4. The lowest BCUT2D eigenvalue weighted by atomic mass is 10.1. The first kappa shape index (κ1) is 23.1. The highest BCUT2D eigenvalue weighted by Gasteiger charge is 2.07. The summed E-state index contributed by atoms with van der Waals surface area (Å²) in [6.07, 6.45) is 9.65. The van der Waals surface area contributed by atoms with Crippen molar-refractivity contribution in [3.63, 3.8) is 0 Å². The Bertz CT molecular complexity index is 683. The minimum Gasteiger partial charge on any atom is -0.481 e. The number of carbonyl (C=O) groups excluding carboxylic acids is 1. The molecule has 0 saturated heterocycles. The third-order valence-electron chi connectivity index (χ3n) is 4.25. The minimum absolute atomic E-state index is 0.0194. The molecule has 2 N–H and O–H groups in total. The Morgan fingerprint density at radius 3 is 1.93 bits per heavy atom.